The minimum atomic E-state index is -2.41. The van der Waals surface area contributed by atoms with E-state index >= 15 is 0 Å². The summed E-state index contributed by atoms with van der Waals surface area (Å²) in [4.78, 5) is 4.62. The van der Waals surface area contributed by atoms with E-state index in [1.165, 1.54) is 0 Å². The fraction of sp³-hybridized carbons (Fsp3) is 0.214. The third kappa shape index (κ3) is 3.92. The molecule has 0 aliphatic heterocycles. The lowest BCUT2D eigenvalue weighted by Gasteiger charge is -2.12. The molecule has 1 aromatic heterocycles. The van der Waals surface area contributed by atoms with E-state index in [0.717, 1.165) is 16.8 Å². The predicted octanol–water partition coefficient (Wildman–Crippen LogP) is 4.32. The average Bonchev–Trinajstić information content (AvgIpc) is 2.39. The Hall–Kier alpha value is -1.62. The van der Waals surface area contributed by atoms with Crippen LogP contribution in [-0.2, 0) is 6.54 Å². The summed E-state index contributed by atoms with van der Waals surface area (Å²) in [5.41, 5.74) is 2.90. The lowest BCUT2D eigenvalue weighted by molar-refractivity contribution is 0.252. The van der Waals surface area contributed by atoms with Crippen LogP contribution in [0.15, 0.2) is 47.6 Å². The number of pyridine rings is 1. The molecule has 100 valence electrons. The summed E-state index contributed by atoms with van der Waals surface area (Å²) in [5, 5.41) is 3.18. The molecule has 0 atom stereocenters. The quantitative estimate of drug-likeness (QED) is 0.826. The number of nitrogens with zero attached hydrogens (tertiary/aromatic N) is 1. The van der Waals surface area contributed by atoms with Gasteiger partial charge in [-0.15, -0.1) is 0 Å². The zero-order valence-electron chi connectivity index (χ0n) is 10.4. The molecule has 0 spiro atoms. The maximum absolute atomic E-state index is 12.5. The highest BCUT2D eigenvalue weighted by Crippen LogP contribution is 2.31. The minimum absolute atomic E-state index is 0.553. The Balaban J connectivity index is 2.09. The van der Waals surface area contributed by atoms with Crippen LogP contribution in [0.3, 0.4) is 0 Å². The summed E-state index contributed by atoms with van der Waals surface area (Å²) < 4.78 is 24.9. The largest absolute Gasteiger partial charge is 0.380 e. The Labute approximate surface area is 115 Å². The van der Waals surface area contributed by atoms with Gasteiger partial charge in [-0.05, 0) is 36.2 Å². The number of halogens is 2. The molecule has 0 unspecified atom stereocenters. The lowest BCUT2D eigenvalue weighted by atomic mass is 10.1. The SMILES string of the molecule is Cc1ccncc1CNc1ccccc1SC(F)F. The van der Waals surface area contributed by atoms with Crippen molar-refractivity contribution in [3.05, 3.63) is 53.9 Å². The van der Waals surface area contributed by atoms with Gasteiger partial charge in [0, 0.05) is 29.5 Å². The first-order chi connectivity index (χ1) is 9.16. The lowest BCUT2D eigenvalue weighted by Crippen LogP contribution is -2.03. The summed E-state index contributed by atoms with van der Waals surface area (Å²) in [7, 11) is 0. The number of nitrogens with one attached hydrogen (secondary N) is 1. The number of alkyl halides is 2. The zero-order valence-corrected chi connectivity index (χ0v) is 11.3. The molecule has 0 amide bonds. The fourth-order valence-corrected chi connectivity index (χ4v) is 2.30. The molecule has 1 heterocycles. The number of aryl methyl sites for hydroxylation is 1. The van der Waals surface area contributed by atoms with Crippen LogP contribution in [0.1, 0.15) is 11.1 Å². The topological polar surface area (TPSA) is 24.9 Å². The van der Waals surface area contributed by atoms with Gasteiger partial charge in [0.25, 0.3) is 5.76 Å². The monoisotopic (exact) mass is 280 g/mol. The molecule has 2 rings (SSSR count). The smallest absolute Gasteiger partial charge is 0.288 e. The molecule has 0 saturated carbocycles. The highest BCUT2D eigenvalue weighted by atomic mass is 32.2. The molecule has 1 N–H and O–H groups in total. The number of rotatable bonds is 5. The first kappa shape index (κ1) is 13.8. The van der Waals surface area contributed by atoms with Gasteiger partial charge in [0.2, 0.25) is 0 Å². The molecule has 5 heteroatoms. The molecule has 1 aromatic carbocycles. The van der Waals surface area contributed by atoms with Crippen molar-refractivity contribution in [3.8, 4) is 0 Å². The van der Waals surface area contributed by atoms with Crippen molar-refractivity contribution >= 4 is 17.4 Å². The predicted molar refractivity (Wildman–Crippen MR) is 74.6 cm³/mol. The van der Waals surface area contributed by atoms with Crippen LogP contribution < -0.4 is 5.32 Å². The van der Waals surface area contributed by atoms with Crippen LogP contribution in [0.4, 0.5) is 14.5 Å². The molecule has 2 aromatic rings. The van der Waals surface area contributed by atoms with E-state index in [1.807, 2.05) is 19.1 Å². The number of thioether (sulfide) groups is 1. The van der Waals surface area contributed by atoms with Gasteiger partial charge in [0.05, 0.1) is 0 Å². The molecule has 0 fully saturated rings. The molecular weight excluding hydrogens is 266 g/mol. The Morgan fingerprint density at radius 3 is 2.79 bits per heavy atom. The van der Waals surface area contributed by atoms with Gasteiger partial charge in [-0.25, -0.2) is 0 Å². The molecule has 2 nitrogen and oxygen atoms in total. The second-order valence-electron chi connectivity index (χ2n) is 4.03. The van der Waals surface area contributed by atoms with Crippen molar-refractivity contribution in [1.29, 1.82) is 0 Å². The first-order valence-corrected chi connectivity index (χ1v) is 6.72. The van der Waals surface area contributed by atoms with Crippen LogP contribution in [0.25, 0.3) is 0 Å². The molecule has 0 aliphatic carbocycles. The molecule has 0 saturated heterocycles. The highest BCUT2D eigenvalue weighted by molar-refractivity contribution is 7.99. The normalized spacial score (nSPS) is 10.7. The van der Waals surface area contributed by atoms with E-state index in [4.69, 9.17) is 0 Å². The minimum Gasteiger partial charge on any atom is -0.380 e. The van der Waals surface area contributed by atoms with E-state index in [9.17, 15) is 8.78 Å². The van der Waals surface area contributed by atoms with Crippen molar-refractivity contribution in [2.24, 2.45) is 0 Å². The Kier molecular flexibility index (Phi) is 4.74. The standard InChI is InChI=1S/C14H14F2N2S/c1-10-6-7-17-8-11(10)9-18-12-4-2-3-5-13(12)19-14(15)16/h2-8,14,18H,9H2,1H3. The van der Waals surface area contributed by atoms with Crippen molar-refractivity contribution in [1.82, 2.24) is 4.98 Å². The molecular formula is C14H14F2N2S. The van der Waals surface area contributed by atoms with Gasteiger partial charge in [0.15, 0.2) is 0 Å². The van der Waals surface area contributed by atoms with Crippen LogP contribution in [-0.4, -0.2) is 10.7 Å². The zero-order chi connectivity index (χ0) is 13.7. The molecule has 0 aliphatic rings. The summed E-state index contributed by atoms with van der Waals surface area (Å²) in [5.74, 6) is -2.41. The van der Waals surface area contributed by atoms with E-state index in [-0.39, 0.29) is 0 Å². The maximum atomic E-state index is 12.5. The van der Waals surface area contributed by atoms with Gasteiger partial charge in [-0.1, -0.05) is 23.9 Å². The fourth-order valence-electron chi connectivity index (χ4n) is 1.68. The third-order valence-corrected chi connectivity index (χ3v) is 3.51. The summed E-state index contributed by atoms with van der Waals surface area (Å²) in [6, 6.07) is 9.00. The molecule has 19 heavy (non-hydrogen) atoms. The second-order valence-corrected chi connectivity index (χ2v) is 5.06. The maximum Gasteiger partial charge on any atom is 0.288 e. The molecule has 0 radical (unpaired) electrons. The van der Waals surface area contributed by atoms with Crippen molar-refractivity contribution in [2.75, 3.05) is 5.32 Å². The number of anilines is 1. The van der Waals surface area contributed by atoms with Gasteiger partial charge >= 0.3 is 0 Å². The summed E-state index contributed by atoms with van der Waals surface area (Å²) in [6.07, 6.45) is 3.52. The summed E-state index contributed by atoms with van der Waals surface area (Å²) >= 11 is 0.553. The van der Waals surface area contributed by atoms with Crippen LogP contribution in [0.2, 0.25) is 0 Å². The number of benzene rings is 1. The Morgan fingerprint density at radius 2 is 2.05 bits per heavy atom. The number of hydrogen-bond acceptors (Lipinski definition) is 3. The highest BCUT2D eigenvalue weighted by Gasteiger charge is 2.09. The average molecular weight is 280 g/mol. The van der Waals surface area contributed by atoms with Crippen LogP contribution in [0, 0.1) is 6.92 Å². The number of para-hydroxylation sites is 1. The van der Waals surface area contributed by atoms with Gasteiger partial charge in [-0.3, -0.25) is 4.98 Å². The third-order valence-electron chi connectivity index (χ3n) is 2.72. The van der Waals surface area contributed by atoms with E-state index in [1.54, 1.807) is 30.6 Å². The van der Waals surface area contributed by atoms with E-state index in [0.29, 0.717) is 23.2 Å². The van der Waals surface area contributed by atoms with Gasteiger partial charge in [-0.2, -0.15) is 8.78 Å². The molecule has 0 bridgehead atoms. The van der Waals surface area contributed by atoms with E-state index in [2.05, 4.69) is 10.3 Å². The first-order valence-electron chi connectivity index (χ1n) is 5.84. The number of hydrogen-bond donors (Lipinski definition) is 1. The van der Waals surface area contributed by atoms with Gasteiger partial charge < -0.3 is 5.32 Å². The Morgan fingerprint density at radius 1 is 1.26 bits per heavy atom. The second kappa shape index (κ2) is 6.52. The van der Waals surface area contributed by atoms with Crippen molar-refractivity contribution in [2.45, 2.75) is 24.1 Å². The summed E-state index contributed by atoms with van der Waals surface area (Å²) in [6.45, 7) is 2.57. The Bertz CT molecular complexity index is 546. The van der Waals surface area contributed by atoms with Crippen LogP contribution in [0.5, 0.6) is 0 Å². The van der Waals surface area contributed by atoms with Crippen molar-refractivity contribution < 1.29 is 8.78 Å². The van der Waals surface area contributed by atoms with E-state index < -0.39 is 5.76 Å². The van der Waals surface area contributed by atoms with Gasteiger partial charge in [0.1, 0.15) is 0 Å². The number of aromatic nitrogens is 1. The van der Waals surface area contributed by atoms with Crippen LogP contribution >= 0.6 is 11.8 Å². The van der Waals surface area contributed by atoms with Crippen molar-refractivity contribution in [3.63, 3.8) is 0 Å².